The molecule has 0 spiro atoms. The lowest BCUT2D eigenvalue weighted by atomic mass is 9.99. The van der Waals surface area contributed by atoms with E-state index in [1.807, 2.05) is 0 Å². The molecule has 0 unspecified atom stereocenters. The quantitative estimate of drug-likeness (QED) is 0.461. The van der Waals surface area contributed by atoms with Crippen molar-refractivity contribution in [3.05, 3.63) is 85.1 Å². The average Bonchev–Trinajstić information content (AvgIpc) is 3.29. The van der Waals surface area contributed by atoms with Gasteiger partial charge in [0.25, 0.3) is 5.91 Å². The monoisotopic (exact) mass is 429 g/mol. The molecule has 9 heteroatoms. The van der Waals surface area contributed by atoms with Crippen LogP contribution in [0.4, 0.5) is 5.13 Å². The second-order valence-corrected chi connectivity index (χ2v) is 7.85. The third-order valence-electron chi connectivity index (χ3n) is 4.55. The summed E-state index contributed by atoms with van der Waals surface area (Å²) in [5.74, 6) is -0.467. The van der Waals surface area contributed by atoms with E-state index in [0.717, 1.165) is 0 Å². The van der Waals surface area contributed by atoms with E-state index in [-0.39, 0.29) is 16.8 Å². The van der Waals surface area contributed by atoms with Gasteiger partial charge in [0.05, 0.1) is 17.0 Å². The van der Waals surface area contributed by atoms with Crippen molar-refractivity contribution >= 4 is 56.5 Å². The van der Waals surface area contributed by atoms with Crippen LogP contribution in [0.2, 0.25) is 10.0 Å². The lowest BCUT2D eigenvalue weighted by Gasteiger charge is -2.22. The maximum Gasteiger partial charge on any atom is 0.297 e. The molecule has 1 aliphatic heterocycles. The number of nitrogens with zero attached hydrogens (tertiary/aromatic N) is 3. The molecule has 1 aliphatic rings. The molecule has 0 saturated carbocycles. The van der Waals surface area contributed by atoms with Crippen molar-refractivity contribution in [1.29, 1.82) is 0 Å². The van der Waals surface area contributed by atoms with Crippen molar-refractivity contribution in [3.8, 4) is 0 Å². The second-order valence-electron chi connectivity index (χ2n) is 6.17. The number of rotatable bonds is 2. The van der Waals surface area contributed by atoms with Crippen molar-refractivity contribution < 1.29 is 9.21 Å². The fourth-order valence-corrected chi connectivity index (χ4v) is 4.36. The predicted octanol–water partition coefficient (Wildman–Crippen LogP) is 4.70. The molecule has 28 heavy (non-hydrogen) atoms. The highest BCUT2D eigenvalue weighted by Crippen LogP contribution is 2.42. The topological polar surface area (TPSA) is 76.3 Å². The Morgan fingerprint density at radius 3 is 2.64 bits per heavy atom. The molecule has 0 N–H and O–H groups in total. The van der Waals surface area contributed by atoms with E-state index in [2.05, 4.69) is 10.2 Å². The van der Waals surface area contributed by atoms with Crippen molar-refractivity contribution in [1.82, 2.24) is 10.2 Å². The van der Waals surface area contributed by atoms with Crippen LogP contribution in [0.15, 0.2) is 57.2 Å². The summed E-state index contributed by atoms with van der Waals surface area (Å²) in [6, 6.07) is 11.0. The van der Waals surface area contributed by atoms with E-state index in [4.69, 9.17) is 27.6 Å². The Labute approximate surface area is 171 Å². The summed E-state index contributed by atoms with van der Waals surface area (Å²) in [7, 11) is 0. The molecule has 2 aromatic carbocycles. The minimum Gasteiger partial charge on any atom is -0.450 e. The predicted molar refractivity (Wildman–Crippen MR) is 108 cm³/mol. The Morgan fingerprint density at radius 1 is 1.07 bits per heavy atom. The Bertz CT molecular complexity index is 1300. The highest BCUT2D eigenvalue weighted by atomic mass is 35.5. The van der Waals surface area contributed by atoms with Gasteiger partial charge in [0.2, 0.25) is 10.9 Å². The zero-order valence-corrected chi connectivity index (χ0v) is 16.3. The Morgan fingerprint density at radius 2 is 1.89 bits per heavy atom. The van der Waals surface area contributed by atoms with E-state index in [0.29, 0.717) is 31.7 Å². The Balaban J connectivity index is 1.85. The van der Waals surface area contributed by atoms with Gasteiger partial charge < -0.3 is 4.42 Å². The van der Waals surface area contributed by atoms with Crippen LogP contribution in [0, 0.1) is 0 Å². The summed E-state index contributed by atoms with van der Waals surface area (Å²) in [5, 5.41) is 9.41. The maximum absolute atomic E-state index is 13.3. The van der Waals surface area contributed by atoms with Gasteiger partial charge >= 0.3 is 0 Å². The molecule has 5 rings (SSSR count). The number of halogens is 2. The van der Waals surface area contributed by atoms with Crippen LogP contribution in [0.5, 0.6) is 0 Å². The molecule has 0 aliphatic carbocycles. The highest BCUT2D eigenvalue weighted by Gasteiger charge is 2.45. The lowest BCUT2D eigenvalue weighted by Crippen LogP contribution is -2.29. The van der Waals surface area contributed by atoms with Gasteiger partial charge in [-0.15, -0.1) is 10.2 Å². The summed E-state index contributed by atoms with van der Waals surface area (Å²) >= 11 is 13.4. The summed E-state index contributed by atoms with van der Waals surface area (Å²) < 4.78 is 5.84. The normalized spacial score (nSPS) is 16.0. The van der Waals surface area contributed by atoms with Crippen LogP contribution < -0.4 is 10.3 Å². The number of carbonyl (C=O) groups is 1. The third-order valence-corrected chi connectivity index (χ3v) is 5.71. The minimum absolute atomic E-state index is 0.0139. The number of aromatic nitrogens is 2. The first-order valence-corrected chi connectivity index (χ1v) is 9.79. The summed E-state index contributed by atoms with van der Waals surface area (Å²) in [6.07, 6.45) is 0. The molecule has 1 amide bonds. The number of amides is 1. The molecule has 0 saturated heterocycles. The van der Waals surface area contributed by atoms with E-state index >= 15 is 0 Å². The third kappa shape index (κ3) is 2.55. The molecule has 0 bridgehead atoms. The fraction of sp³-hybridized carbons (Fsp3) is 0.0526. The van der Waals surface area contributed by atoms with E-state index in [9.17, 15) is 9.59 Å². The van der Waals surface area contributed by atoms with Crippen LogP contribution >= 0.6 is 34.5 Å². The maximum atomic E-state index is 13.3. The molecule has 138 valence electrons. The first-order valence-electron chi connectivity index (χ1n) is 8.16. The molecule has 4 aromatic rings. The number of fused-ring (bicyclic) bond motifs is 2. The summed E-state index contributed by atoms with van der Waals surface area (Å²) in [4.78, 5) is 28.0. The summed E-state index contributed by atoms with van der Waals surface area (Å²) in [6.45, 7) is 0. The Hall–Kier alpha value is -2.74. The number of carbonyl (C=O) groups excluding carboxylic acids is 1. The standard InChI is InChI=1S/C19H9Cl2N3O3S/c20-10-3-1-2-9(6-10)15-14-16(25)12-7-11(21)4-5-13(12)27-17(14)18(26)24(15)19-23-22-8-28-19/h1-8,15H/t15-/m1/s1. The molecule has 0 fully saturated rings. The fourth-order valence-electron chi connectivity index (χ4n) is 3.41. The first kappa shape index (κ1) is 17.4. The van der Waals surface area contributed by atoms with Crippen LogP contribution in [-0.4, -0.2) is 16.1 Å². The number of benzene rings is 2. The van der Waals surface area contributed by atoms with Crippen molar-refractivity contribution in [3.63, 3.8) is 0 Å². The summed E-state index contributed by atoms with van der Waals surface area (Å²) in [5.41, 5.74) is 2.40. The van der Waals surface area contributed by atoms with Gasteiger partial charge in [-0.2, -0.15) is 0 Å². The van der Waals surface area contributed by atoms with Gasteiger partial charge in [0, 0.05) is 10.0 Å². The van der Waals surface area contributed by atoms with E-state index < -0.39 is 11.9 Å². The largest absolute Gasteiger partial charge is 0.450 e. The van der Waals surface area contributed by atoms with Crippen LogP contribution in [0.1, 0.15) is 27.7 Å². The van der Waals surface area contributed by atoms with Crippen molar-refractivity contribution in [2.75, 3.05) is 4.90 Å². The molecular weight excluding hydrogens is 421 g/mol. The molecule has 0 radical (unpaired) electrons. The molecule has 3 heterocycles. The van der Waals surface area contributed by atoms with E-state index in [1.54, 1.807) is 36.4 Å². The molecule has 2 aromatic heterocycles. The minimum atomic E-state index is -0.728. The second kappa shape index (κ2) is 6.41. The van der Waals surface area contributed by atoms with Gasteiger partial charge in [0.15, 0.2) is 5.43 Å². The SMILES string of the molecule is O=C1c2oc3ccc(Cl)cc3c(=O)c2[C@@H](c2cccc(Cl)c2)N1c1nncs1. The number of anilines is 1. The van der Waals surface area contributed by atoms with E-state index in [1.165, 1.54) is 27.8 Å². The van der Waals surface area contributed by atoms with Gasteiger partial charge in [0.1, 0.15) is 11.1 Å². The number of hydrogen-bond acceptors (Lipinski definition) is 6. The Kier molecular flexibility index (Phi) is 3.97. The number of hydrogen-bond donors (Lipinski definition) is 0. The van der Waals surface area contributed by atoms with Crippen LogP contribution in [0.25, 0.3) is 11.0 Å². The van der Waals surface area contributed by atoms with Crippen LogP contribution in [-0.2, 0) is 0 Å². The zero-order valence-electron chi connectivity index (χ0n) is 13.9. The van der Waals surface area contributed by atoms with Gasteiger partial charge in [-0.25, -0.2) is 0 Å². The average molecular weight is 430 g/mol. The lowest BCUT2D eigenvalue weighted by molar-refractivity contribution is 0.0970. The highest BCUT2D eigenvalue weighted by molar-refractivity contribution is 7.13. The molecule has 6 nitrogen and oxygen atoms in total. The van der Waals surface area contributed by atoms with Crippen molar-refractivity contribution in [2.45, 2.75) is 6.04 Å². The zero-order chi connectivity index (χ0) is 19.4. The molecular formula is C19H9Cl2N3O3S. The van der Waals surface area contributed by atoms with Gasteiger partial charge in [-0.1, -0.05) is 46.7 Å². The smallest absolute Gasteiger partial charge is 0.297 e. The van der Waals surface area contributed by atoms with Gasteiger partial charge in [-0.3, -0.25) is 14.5 Å². The molecule has 1 atom stereocenters. The van der Waals surface area contributed by atoms with Crippen molar-refractivity contribution in [2.24, 2.45) is 0 Å². The van der Waals surface area contributed by atoms with Gasteiger partial charge in [-0.05, 0) is 35.9 Å². The van der Waals surface area contributed by atoms with Crippen LogP contribution in [0.3, 0.4) is 0 Å². The first-order chi connectivity index (χ1) is 13.5.